The molecule has 2 atom stereocenters. The van der Waals surface area contributed by atoms with E-state index >= 15 is 0 Å². The number of aliphatic hydroxyl groups is 1. The van der Waals surface area contributed by atoms with Gasteiger partial charge in [-0.15, -0.1) is 0 Å². The highest BCUT2D eigenvalue weighted by atomic mass is 79.9. The third kappa shape index (κ3) is 3.33. The molecule has 1 saturated carbocycles. The maximum absolute atomic E-state index is 12.5. The van der Waals surface area contributed by atoms with Crippen molar-refractivity contribution in [3.8, 4) is 5.75 Å². The van der Waals surface area contributed by atoms with Crippen molar-refractivity contribution in [2.45, 2.75) is 30.2 Å². The Morgan fingerprint density at radius 2 is 2.20 bits per heavy atom. The summed E-state index contributed by atoms with van der Waals surface area (Å²) >= 11 is 3.27. The fraction of sp³-hybridized carbons (Fsp3) is 0.538. The molecule has 1 aromatic carbocycles. The highest BCUT2D eigenvalue weighted by molar-refractivity contribution is 9.10. The Labute approximate surface area is 127 Å². The molecule has 0 heterocycles. The van der Waals surface area contributed by atoms with Gasteiger partial charge in [0.15, 0.2) is 0 Å². The van der Waals surface area contributed by atoms with E-state index in [1.807, 2.05) is 0 Å². The summed E-state index contributed by atoms with van der Waals surface area (Å²) in [6.45, 7) is 0.00278. The number of halogens is 1. The smallest absolute Gasteiger partial charge is 0.244 e. The Morgan fingerprint density at radius 3 is 2.85 bits per heavy atom. The third-order valence-electron chi connectivity index (χ3n) is 3.62. The number of benzene rings is 1. The van der Waals surface area contributed by atoms with E-state index in [0.29, 0.717) is 10.2 Å². The molecule has 1 aliphatic rings. The zero-order valence-electron chi connectivity index (χ0n) is 11.2. The lowest BCUT2D eigenvalue weighted by Crippen LogP contribution is -2.38. The van der Waals surface area contributed by atoms with Gasteiger partial charge in [0, 0.05) is 17.1 Å². The Hall–Kier alpha value is -0.630. The number of rotatable bonds is 5. The zero-order valence-corrected chi connectivity index (χ0v) is 13.6. The molecule has 112 valence electrons. The van der Waals surface area contributed by atoms with Crippen molar-refractivity contribution in [1.82, 2.24) is 4.72 Å². The number of methoxy groups -OCH3 is 1. The molecular weight excluding hydrogens is 346 g/mol. The van der Waals surface area contributed by atoms with E-state index in [1.54, 1.807) is 12.1 Å². The molecule has 0 saturated heterocycles. The molecule has 2 rings (SSSR count). The molecule has 0 aromatic heterocycles. The summed E-state index contributed by atoms with van der Waals surface area (Å²) in [6.07, 6.45) is 2.52. The lowest BCUT2D eigenvalue weighted by atomic mass is 10.1. The number of hydrogen-bond donors (Lipinski definition) is 2. The predicted octanol–water partition coefficient (Wildman–Crippen LogP) is 1.90. The van der Waals surface area contributed by atoms with Crippen molar-refractivity contribution >= 4 is 26.0 Å². The van der Waals surface area contributed by atoms with Crippen molar-refractivity contribution < 1.29 is 18.3 Å². The molecule has 2 unspecified atom stereocenters. The Bertz CT molecular complexity index is 576. The maximum atomic E-state index is 12.5. The minimum absolute atomic E-state index is 0.00278. The van der Waals surface area contributed by atoms with Gasteiger partial charge in [-0.25, -0.2) is 13.1 Å². The Balaban J connectivity index is 2.28. The highest BCUT2D eigenvalue weighted by Gasteiger charge is 2.32. The van der Waals surface area contributed by atoms with E-state index in [2.05, 4.69) is 20.7 Å². The van der Waals surface area contributed by atoms with Crippen LogP contribution in [0.25, 0.3) is 0 Å². The van der Waals surface area contributed by atoms with E-state index in [0.717, 1.165) is 19.3 Å². The topological polar surface area (TPSA) is 75.6 Å². The van der Waals surface area contributed by atoms with Gasteiger partial charge in [0.1, 0.15) is 10.6 Å². The minimum Gasteiger partial charge on any atom is -0.495 e. The monoisotopic (exact) mass is 363 g/mol. The quantitative estimate of drug-likeness (QED) is 0.837. The second-order valence-corrected chi connectivity index (χ2v) is 7.49. The van der Waals surface area contributed by atoms with Crippen molar-refractivity contribution in [2.24, 2.45) is 5.92 Å². The van der Waals surface area contributed by atoms with Crippen molar-refractivity contribution in [3.63, 3.8) is 0 Å². The number of hydrogen-bond acceptors (Lipinski definition) is 4. The van der Waals surface area contributed by atoms with Crippen LogP contribution in [0.3, 0.4) is 0 Å². The Kier molecular flexibility index (Phi) is 5.06. The summed E-state index contributed by atoms with van der Waals surface area (Å²) in [5.74, 6) is 0.294. The fourth-order valence-electron chi connectivity index (χ4n) is 2.53. The largest absolute Gasteiger partial charge is 0.495 e. The van der Waals surface area contributed by atoms with E-state index in [1.165, 1.54) is 13.2 Å². The molecule has 1 aliphatic carbocycles. The van der Waals surface area contributed by atoms with Crippen LogP contribution < -0.4 is 9.46 Å². The molecule has 1 fully saturated rings. The van der Waals surface area contributed by atoms with Gasteiger partial charge in [-0.1, -0.05) is 22.4 Å². The zero-order chi connectivity index (χ0) is 14.8. The first-order valence-electron chi connectivity index (χ1n) is 6.44. The van der Waals surface area contributed by atoms with Crippen LogP contribution in [0.15, 0.2) is 27.6 Å². The molecule has 0 radical (unpaired) electrons. The van der Waals surface area contributed by atoms with E-state index in [-0.39, 0.29) is 23.5 Å². The van der Waals surface area contributed by atoms with Gasteiger partial charge >= 0.3 is 0 Å². The number of sulfonamides is 1. The van der Waals surface area contributed by atoms with E-state index in [9.17, 15) is 13.5 Å². The normalized spacial score (nSPS) is 22.9. The van der Waals surface area contributed by atoms with Crippen LogP contribution in [-0.4, -0.2) is 33.3 Å². The summed E-state index contributed by atoms with van der Waals surface area (Å²) < 4.78 is 33.4. The van der Waals surface area contributed by atoms with Crippen LogP contribution in [0.5, 0.6) is 5.75 Å². The van der Waals surface area contributed by atoms with Gasteiger partial charge in [0.2, 0.25) is 10.0 Å². The molecule has 1 aromatic rings. The molecule has 5 nitrogen and oxygen atoms in total. The molecule has 0 bridgehead atoms. The number of nitrogens with one attached hydrogen (secondary N) is 1. The van der Waals surface area contributed by atoms with E-state index in [4.69, 9.17) is 4.74 Å². The molecule has 0 spiro atoms. The van der Waals surface area contributed by atoms with Crippen LogP contribution in [0.1, 0.15) is 19.3 Å². The third-order valence-corrected chi connectivity index (χ3v) is 5.62. The van der Waals surface area contributed by atoms with Gasteiger partial charge in [-0.2, -0.15) is 0 Å². The first-order valence-corrected chi connectivity index (χ1v) is 8.72. The maximum Gasteiger partial charge on any atom is 0.244 e. The molecule has 7 heteroatoms. The lowest BCUT2D eigenvalue weighted by molar-refractivity contribution is 0.213. The number of ether oxygens (including phenoxy) is 1. The average molecular weight is 364 g/mol. The van der Waals surface area contributed by atoms with Crippen molar-refractivity contribution in [3.05, 3.63) is 22.7 Å². The van der Waals surface area contributed by atoms with Crippen molar-refractivity contribution in [2.75, 3.05) is 13.7 Å². The van der Waals surface area contributed by atoms with Gasteiger partial charge in [0.05, 0.1) is 7.11 Å². The van der Waals surface area contributed by atoms with Crippen LogP contribution in [0, 0.1) is 5.92 Å². The molecule has 20 heavy (non-hydrogen) atoms. The SMILES string of the molecule is COc1ccc(Br)cc1S(=O)(=O)NC1CCCC1CO. The highest BCUT2D eigenvalue weighted by Crippen LogP contribution is 2.30. The van der Waals surface area contributed by atoms with Gasteiger partial charge in [-0.05, 0) is 37.0 Å². The Morgan fingerprint density at radius 1 is 1.45 bits per heavy atom. The first kappa shape index (κ1) is 15.8. The number of aliphatic hydroxyl groups excluding tert-OH is 1. The summed E-state index contributed by atoms with van der Waals surface area (Å²) in [7, 11) is -2.23. The van der Waals surface area contributed by atoms with Gasteiger partial charge in [-0.3, -0.25) is 0 Å². The summed E-state index contributed by atoms with van der Waals surface area (Å²) in [5, 5.41) is 9.28. The summed E-state index contributed by atoms with van der Waals surface area (Å²) in [6, 6.07) is 4.64. The molecule has 0 amide bonds. The van der Waals surface area contributed by atoms with Crippen LogP contribution in [0.4, 0.5) is 0 Å². The second-order valence-electron chi connectivity index (χ2n) is 4.90. The minimum atomic E-state index is -3.67. The fourth-order valence-corrected chi connectivity index (χ4v) is 4.58. The molecule has 2 N–H and O–H groups in total. The second kappa shape index (κ2) is 6.43. The summed E-state index contributed by atoms with van der Waals surface area (Å²) in [4.78, 5) is 0.109. The van der Waals surface area contributed by atoms with Gasteiger partial charge in [0.25, 0.3) is 0 Å². The lowest BCUT2D eigenvalue weighted by Gasteiger charge is -2.20. The average Bonchev–Trinajstić information content (AvgIpc) is 2.85. The standard InChI is InChI=1S/C13H18BrNO4S/c1-19-12-6-5-10(14)7-13(12)20(17,18)15-11-4-2-3-9(11)8-16/h5-7,9,11,15-16H,2-4,8H2,1H3. The first-order chi connectivity index (χ1) is 9.47. The predicted molar refractivity (Wildman–Crippen MR) is 79.2 cm³/mol. The van der Waals surface area contributed by atoms with Crippen LogP contribution >= 0.6 is 15.9 Å². The van der Waals surface area contributed by atoms with Gasteiger partial charge < -0.3 is 9.84 Å². The van der Waals surface area contributed by atoms with Crippen LogP contribution in [-0.2, 0) is 10.0 Å². The summed E-state index contributed by atoms with van der Waals surface area (Å²) in [5.41, 5.74) is 0. The molecule has 0 aliphatic heterocycles. The van der Waals surface area contributed by atoms with Crippen LogP contribution in [0.2, 0.25) is 0 Å². The van der Waals surface area contributed by atoms with E-state index < -0.39 is 10.0 Å². The molecular formula is C13H18BrNO4S. The van der Waals surface area contributed by atoms with Crippen molar-refractivity contribution in [1.29, 1.82) is 0 Å².